The van der Waals surface area contributed by atoms with Gasteiger partial charge < -0.3 is 15.0 Å². The van der Waals surface area contributed by atoms with E-state index in [2.05, 4.69) is 5.32 Å². The summed E-state index contributed by atoms with van der Waals surface area (Å²) < 4.78 is 32.4. The molecule has 1 N–H and O–H groups in total. The van der Waals surface area contributed by atoms with Crippen molar-refractivity contribution in [2.24, 2.45) is 11.8 Å². The Bertz CT molecular complexity index is 1230. The molecule has 2 saturated heterocycles. The van der Waals surface area contributed by atoms with Gasteiger partial charge in [0.25, 0.3) is 0 Å². The second kappa shape index (κ2) is 11.8. The van der Waals surface area contributed by atoms with Crippen molar-refractivity contribution < 1.29 is 27.9 Å². The average Bonchev–Trinajstić information content (AvgIpc) is 3.38. The van der Waals surface area contributed by atoms with Gasteiger partial charge in [-0.3, -0.25) is 14.5 Å². The van der Waals surface area contributed by atoms with E-state index in [1.165, 1.54) is 29.2 Å². The van der Waals surface area contributed by atoms with Gasteiger partial charge in [-0.15, -0.1) is 0 Å². The van der Waals surface area contributed by atoms with E-state index in [-0.39, 0.29) is 61.1 Å². The highest BCUT2D eigenvalue weighted by molar-refractivity contribution is 6.30. The highest BCUT2D eigenvalue weighted by Crippen LogP contribution is 2.42. The quantitative estimate of drug-likeness (QED) is 0.505. The molecule has 0 radical (unpaired) electrons. The number of ketones is 1. The van der Waals surface area contributed by atoms with Crippen LogP contribution in [0.1, 0.15) is 44.1 Å². The van der Waals surface area contributed by atoms with Gasteiger partial charge in [0.2, 0.25) is 5.91 Å². The van der Waals surface area contributed by atoms with Gasteiger partial charge in [0.15, 0.2) is 5.78 Å². The topological polar surface area (TPSA) is 79.0 Å². The predicted octanol–water partition coefficient (Wildman–Crippen LogP) is 4.98. The van der Waals surface area contributed by atoms with Crippen molar-refractivity contribution in [1.29, 1.82) is 0 Å². The third kappa shape index (κ3) is 5.46. The van der Waals surface area contributed by atoms with Crippen molar-refractivity contribution in [1.82, 2.24) is 15.1 Å². The largest absolute Gasteiger partial charge is 0.416 e. The van der Waals surface area contributed by atoms with Gasteiger partial charge in [-0.2, -0.15) is 0 Å². The zero-order chi connectivity index (χ0) is 28.4. The molecule has 40 heavy (non-hydrogen) atoms. The number of Topliss-reactive ketones (excluding diaryl/α,β-unsaturated/α-hetero) is 1. The summed E-state index contributed by atoms with van der Waals surface area (Å²) in [5, 5.41) is 3.91. The fraction of sp³-hybridized carbons (Fsp3) is 0.500. The Balaban J connectivity index is 1.42. The van der Waals surface area contributed by atoms with Crippen LogP contribution in [-0.2, 0) is 9.59 Å². The van der Waals surface area contributed by atoms with Crippen molar-refractivity contribution in [2.75, 3.05) is 32.7 Å². The number of carbonyl (C=O) groups excluding carboxylic acids is 3. The number of carbonyl (C=O) groups is 3. The van der Waals surface area contributed by atoms with Gasteiger partial charge in [0.1, 0.15) is 23.3 Å². The summed E-state index contributed by atoms with van der Waals surface area (Å²) in [5.74, 6) is -1.38. The van der Waals surface area contributed by atoms with E-state index in [0.717, 1.165) is 5.56 Å². The first kappa shape index (κ1) is 28.5. The zero-order valence-corrected chi connectivity index (χ0v) is 23.2. The minimum Gasteiger partial charge on any atom is -0.410 e. The molecule has 0 spiro atoms. The summed E-state index contributed by atoms with van der Waals surface area (Å²) in [6.45, 7) is 3.56. The van der Waals surface area contributed by atoms with Gasteiger partial charge in [-0.1, -0.05) is 23.7 Å². The second-order valence-electron chi connectivity index (χ2n) is 11.0. The molecule has 3 aliphatic rings. The molecule has 0 aromatic heterocycles. The van der Waals surface area contributed by atoms with Crippen LogP contribution in [0.15, 0.2) is 48.5 Å². The first-order valence-electron chi connectivity index (χ1n) is 13.9. The van der Waals surface area contributed by atoms with Crippen LogP contribution in [0, 0.1) is 17.7 Å². The number of piperidine rings is 1. The molecular formula is C30H34ClF2N3O4. The third-order valence-electron chi connectivity index (χ3n) is 8.66. The summed E-state index contributed by atoms with van der Waals surface area (Å²) in [4.78, 5) is 44.2. The maximum absolute atomic E-state index is 14.6. The van der Waals surface area contributed by atoms with Crippen LogP contribution in [-0.4, -0.2) is 72.0 Å². The van der Waals surface area contributed by atoms with Crippen LogP contribution in [0.3, 0.4) is 0 Å². The number of likely N-dealkylation sites (N-methyl/N-ethyl adjacent to an activating group) is 1. The number of amides is 2. The minimum absolute atomic E-state index is 0.0332. The summed E-state index contributed by atoms with van der Waals surface area (Å²) >= 11 is 6.15. The molecule has 0 unspecified atom stereocenters. The van der Waals surface area contributed by atoms with E-state index in [1.54, 1.807) is 24.0 Å². The van der Waals surface area contributed by atoms with Crippen LogP contribution in [0.2, 0.25) is 5.02 Å². The van der Waals surface area contributed by atoms with Crippen LogP contribution in [0.25, 0.3) is 0 Å². The number of alkyl halides is 1. The highest BCUT2D eigenvalue weighted by Gasteiger charge is 2.57. The van der Waals surface area contributed by atoms with Crippen molar-refractivity contribution in [3.05, 3.63) is 64.9 Å². The van der Waals surface area contributed by atoms with Gasteiger partial charge in [0.05, 0.1) is 0 Å². The predicted molar refractivity (Wildman–Crippen MR) is 147 cm³/mol. The number of ether oxygens (including phenoxy) is 1. The number of likely N-dealkylation sites (tertiary alicyclic amines) is 1. The normalized spacial score (nSPS) is 26.7. The van der Waals surface area contributed by atoms with Gasteiger partial charge in [0, 0.05) is 55.5 Å². The minimum atomic E-state index is -1.24. The van der Waals surface area contributed by atoms with Crippen molar-refractivity contribution in [3.63, 3.8) is 0 Å². The van der Waals surface area contributed by atoms with Crippen molar-refractivity contribution in [2.45, 2.75) is 50.2 Å². The Morgan fingerprint density at radius 1 is 1.05 bits per heavy atom. The fourth-order valence-electron chi connectivity index (χ4n) is 6.42. The summed E-state index contributed by atoms with van der Waals surface area (Å²) in [7, 11) is 0. The van der Waals surface area contributed by atoms with E-state index in [9.17, 15) is 23.2 Å². The number of hydrogen-bond acceptors (Lipinski definition) is 5. The molecular weight excluding hydrogens is 540 g/mol. The summed E-state index contributed by atoms with van der Waals surface area (Å²) in [6, 6.07) is 12.4. The van der Waals surface area contributed by atoms with Crippen molar-refractivity contribution in [3.8, 4) is 5.75 Å². The zero-order valence-electron chi connectivity index (χ0n) is 22.5. The Labute approximate surface area is 237 Å². The van der Waals surface area contributed by atoms with Gasteiger partial charge >= 0.3 is 6.09 Å². The number of hydrogen-bond donors (Lipinski definition) is 1. The monoisotopic (exact) mass is 573 g/mol. The standard InChI is InChI=1S/C30H34ClF2N3O4/c1-2-36(29(39)40-25-9-7-23(32)8-10-25)30(18-34-17-26(30)19-3-5-22(31)6-4-19)27(37)20-11-13-35(14-12-20)28(38)21-15-24(33)16-21/h3-10,20-21,24,26,34H,2,11-18H2,1H3/t21?,24?,26-,30+/m0/s1. The van der Waals surface area contributed by atoms with Crippen LogP contribution < -0.4 is 10.1 Å². The molecule has 2 aliphatic heterocycles. The van der Waals surface area contributed by atoms with Crippen LogP contribution >= 0.6 is 11.6 Å². The Hall–Kier alpha value is -3.04. The van der Waals surface area contributed by atoms with E-state index in [0.29, 0.717) is 37.5 Å². The lowest BCUT2D eigenvalue weighted by Gasteiger charge is -2.45. The fourth-order valence-corrected chi connectivity index (χ4v) is 6.55. The molecule has 2 aromatic carbocycles. The summed E-state index contributed by atoms with van der Waals surface area (Å²) in [5.41, 5.74) is -0.374. The van der Waals surface area contributed by atoms with E-state index < -0.39 is 23.6 Å². The number of benzene rings is 2. The molecule has 2 aromatic rings. The molecule has 2 amide bonds. The van der Waals surface area contributed by atoms with Crippen molar-refractivity contribution >= 4 is 29.4 Å². The Morgan fingerprint density at radius 3 is 2.30 bits per heavy atom. The molecule has 3 fully saturated rings. The molecule has 214 valence electrons. The Morgan fingerprint density at radius 2 is 1.70 bits per heavy atom. The second-order valence-corrected chi connectivity index (χ2v) is 11.4. The Kier molecular flexibility index (Phi) is 8.42. The molecule has 2 atom stereocenters. The number of nitrogens with zero attached hydrogens (tertiary/aromatic N) is 2. The molecule has 1 aliphatic carbocycles. The average molecular weight is 574 g/mol. The first-order chi connectivity index (χ1) is 19.2. The van der Waals surface area contributed by atoms with Gasteiger partial charge in [-0.05, 0) is 74.6 Å². The van der Waals surface area contributed by atoms with Crippen LogP contribution in [0.4, 0.5) is 13.6 Å². The SMILES string of the molecule is CCN(C(=O)Oc1ccc(F)cc1)[C@]1(C(=O)C2CCN(C(=O)C3CC(F)C3)CC2)CNC[C@H]1c1ccc(Cl)cc1. The molecule has 1 saturated carbocycles. The highest BCUT2D eigenvalue weighted by atomic mass is 35.5. The lowest BCUT2D eigenvalue weighted by Crippen LogP contribution is -2.64. The lowest BCUT2D eigenvalue weighted by atomic mass is 9.71. The van der Waals surface area contributed by atoms with Crippen LogP contribution in [0.5, 0.6) is 5.75 Å². The summed E-state index contributed by atoms with van der Waals surface area (Å²) in [6.07, 6.45) is -0.106. The van der Waals surface area contributed by atoms with Gasteiger partial charge in [-0.25, -0.2) is 13.6 Å². The molecule has 10 heteroatoms. The smallest absolute Gasteiger partial charge is 0.410 e. The first-order valence-corrected chi connectivity index (χ1v) is 14.3. The molecule has 2 heterocycles. The molecule has 7 nitrogen and oxygen atoms in total. The maximum Gasteiger partial charge on any atom is 0.416 e. The van der Waals surface area contributed by atoms with E-state index in [1.807, 2.05) is 12.1 Å². The number of rotatable bonds is 7. The number of nitrogens with one attached hydrogen (secondary N) is 1. The van der Waals surface area contributed by atoms with E-state index in [4.69, 9.17) is 16.3 Å². The number of halogens is 3. The molecule has 5 rings (SSSR count). The van der Waals surface area contributed by atoms with E-state index >= 15 is 0 Å². The lowest BCUT2D eigenvalue weighted by molar-refractivity contribution is -0.145. The molecule has 0 bridgehead atoms. The maximum atomic E-state index is 14.6. The third-order valence-corrected chi connectivity index (χ3v) is 8.91.